The second-order valence-corrected chi connectivity index (χ2v) is 7.42. The summed E-state index contributed by atoms with van der Waals surface area (Å²) in [7, 11) is 1.56. The number of benzene rings is 3. The maximum Gasteiger partial charge on any atom is 0.255 e. The number of amides is 1. The Hall–Kier alpha value is -2.76. The molecule has 0 aliphatic carbocycles. The Labute approximate surface area is 172 Å². The number of ketones is 1. The number of carbonyl (C=O) groups excluding carboxylic acids is 2. The van der Waals surface area contributed by atoms with Crippen molar-refractivity contribution in [1.29, 1.82) is 0 Å². The summed E-state index contributed by atoms with van der Waals surface area (Å²) >= 11 is 7.27. The van der Waals surface area contributed by atoms with Gasteiger partial charge < -0.3 is 10.1 Å². The average molecular weight is 412 g/mol. The van der Waals surface area contributed by atoms with Crippen LogP contribution in [0.15, 0.2) is 77.7 Å². The summed E-state index contributed by atoms with van der Waals surface area (Å²) < 4.78 is 5.15. The van der Waals surface area contributed by atoms with Gasteiger partial charge in [0.15, 0.2) is 5.78 Å². The smallest absolute Gasteiger partial charge is 0.255 e. The second kappa shape index (κ2) is 9.44. The van der Waals surface area contributed by atoms with Gasteiger partial charge in [0.2, 0.25) is 0 Å². The minimum atomic E-state index is -0.224. The fourth-order valence-corrected chi connectivity index (χ4v) is 3.47. The Balaban J connectivity index is 1.62. The van der Waals surface area contributed by atoms with Crippen molar-refractivity contribution in [1.82, 2.24) is 0 Å². The van der Waals surface area contributed by atoms with Gasteiger partial charge in [-0.05, 0) is 60.7 Å². The highest BCUT2D eigenvalue weighted by molar-refractivity contribution is 8.00. The zero-order chi connectivity index (χ0) is 19.9. The minimum absolute atomic E-state index is 0.0208. The number of nitrogens with one attached hydrogen (secondary N) is 1. The molecule has 0 spiro atoms. The summed E-state index contributed by atoms with van der Waals surface area (Å²) in [6.07, 6.45) is 0. The van der Waals surface area contributed by atoms with E-state index in [1.807, 2.05) is 24.3 Å². The molecule has 4 nitrogen and oxygen atoms in total. The SMILES string of the molecule is COc1cccc(C(=O)Nc2cccc(SCC(=O)c3ccc(Cl)cc3)c2)c1. The van der Waals surface area contributed by atoms with E-state index >= 15 is 0 Å². The molecule has 0 aromatic heterocycles. The quantitative estimate of drug-likeness (QED) is 0.407. The lowest BCUT2D eigenvalue weighted by Gasteiger charge is -2.08. The van der Waals surface area contributed by atoms with Crippen LogP contribution in [0.5, 0.6) is 5.75 Å². The van der Waals surface area contributed by atoms with Crippen molar-refractivity contribution in [3.63, 3.8) is 0 Å². The molecule has 0 fully saturated rings. The molecule has 3 aromatic carbocycles. The molecule has 0 radical (unpaired) electrons. The maximum atomic E-state index is 12.4. The molecular formula is C22H18ClNO3S. The number of hydrogen-bond acceptors (Lipinski definition) is 4. The van der Waals surface area contributed by atoms with Gasteiger partial charge in [0, 0.05) is 26.7 Å². The van der Waals surface area contributed by atoms with Crippen LogP contribution in [0.1, 0.15) is 20.7 Å². The molecule has 6 heteroatoms. The van der Waals surface area contributed by atoms with Gasteiger partial charge in [-0.15, -0.1) is 11.8 Å². The fourth-order valence-electron chi connectivity index (χ4n) is 2.50. The number of hydrogen-bond donors (Lipinski definition) is 1. The number of methoxy groups -OCH3 is 1. The predicted octanol–water partition coefficient (Wildman–Crippen LogP) is 5.58. The molecule has 0 saturated carbocycles. The molecule has 0 aliphatic rings. The van der Waals surface area contributed by atoms with Crippen molar-refractivity contribution < 1.29 is 14.3 Å². The van der Waals surface area contributed by atoms with Crippen LogP contribution in [0.4, 0.5) is 5.69 Å². The molecule has 142 valence electrons. The molecule has 1 N–H and O–H groups in total. The molecule has 0 saturated heterocycles. The van der Waals surface area contributed by atoms with E-state index in [9.17, 15) is 9.59 Å². The summed E-state index contributed by atoms with van der Waals surface area (Å²) in [5.74, 6) is 0.720. The van der Waals surface area contributed by atoms with Crippen molar-refractivity contribution >= 4 is 40.7 Å². The van der Waals surface area contributed by atoms with E-state index in [2.05, 4.69) is 5.32 Å². The topological polar surface area (TPSA) is 55.4 Å². The number of thioether (sulfide) groups is 1. The maximum absolute atomic E-state index is 12.4. The van der Waals surface area contributed by atoms with E-state index in [0.717, 1.165) is 4.90 Å². The van der Waals surface area contributed by atoms with Crippen molar-refractivity contribution in [2.75, 3.05) is 18.2 Å². The zero-order valence-corrected chi connectivity index (χ0v) is 16.7. The van der Waals surface area contributed by atoms with Crippen molar-refractivity contribution in [3.8, 4) is 5.75 Å². The first kappa shape index (κ1) is 20.0. The summed E-state index contributed by atoms with van der Waals surface area (Å²) in [4.78, 5) is 25.6. The molecule has 0 bridgehead atoms. The lowest BCUT2D eigenvalue weighted by Crippen LogP contribution is -2.11. The largest absolute Gasteiger partial charge is 0.497 e. The number of rotatable bonds is 7. The number of halogens is 1. The van der Waals surface area contributed by atoms with Gasteiger partial charge in [-0.2, -0.15) is 0 Å². The summed E-state index contributed by atoms with van der Waals surface area (Å²) in [6, 6.07) is 21.2. The van der Waals surface area contributed by atoms with E-state index in [4.69, 9.17) is 16.3 Å². The van der Waals surface area contributed by atoms with Gasteiger partial charge in [-0.3, -0.25) is 9.59 Å². The van der Waals surface area contributed by atoms with Gasteiger partial charge in [0.05, 0.1) is 12.9 Å². The van der Waals surface area contributed by atoms with Crippen LogP contribution in [0, 0.1) is 0 Å². The molecule has 3 rings (SSSR count). The Morgan fingerprint density at radius 3 is 2.46 bits per heavy atom. The van der Waals surface area contributed by atoms with Crippen LogP contribution < -0.4 is 10.1 Å². The average Bonchev–Trinajstić information content (AvgIpc) is 2.73. The van der Waals surface area contributed by atoms with E-state index in [0.29, 0.717) is 33.3 Å². The Kier molecular flexibility index (Phi) is 6.74. The molecule has 3 aromatic rings. The standard InChI is InChI=1S/C22H18ClNO3S/c1-27-19-6-2-4-16(12-19)22(26)24-18-5-3-7-20(13-18)28-14-21(25)15-8-10-17(23)11-9-15/h2-13H,14H2,1H3,(H,24,26). The molecular weight excluding hydrogens is 394 g/mol. The van der Waals surface area contributed by atoms with Crippen molar-refractivity contribution in [3.05, 3.63) is 88.9 Å². The number of carbonyl (C=O) groups is 2. The van der Waals surface area contributed by atoms with Crippen LogP contribution >= 0.6 is 23.4 Å². The fraction of sp³-hybridized carbons (Fsp3) is 0.0909. The first-order valence-electron chi connectivity index (χ1n) is 8.52. The van der Waals surface area contributed by atoms with E-state index in [-0.39, 0.29) is 11.7 Å². The Morgan fingerprint density at radius 1 is 0.964 bits per heavy atom. The Morgan fingerprint density at radius 2 is 1.71 bits per heavy atom. The number of Topliss-reactive ketones (excluding diaryl/α,β-unsaturated/α-hetero) is 1. The lowest BCUT2D eigenvalue weighted by molar-refractivity contribution is 0.101. The van der Waals surface area contributed by atoms with Gasteiger partial charge in [0.25, 0.3) is 5.91 Å². The molecule has 0 heterocycles. The van der Waals surface area contributed by atoms with Crippen molar-refractivity contribution in [2.24, 2.45) is 0 Å². The highest BCUT2D eigenvalue weighted by Gasteiger charge is 2.09. The van der Waals surface area contributed by atoms with Crippen LogP contribution in [-0.2, 0) is 0 Å². The molecule has 0 unspecified atom stereocenters. The van der Waals surface area contributed by atoms with Crippen LogP contribution in [0.2, 0.25) is 5.02 Å². The van der Waals surface area contributed by atoms with Gasteiger partial charge in [-0.25, -0.2) is 0 Å². The van der Waals surface area contributed by atoms with Gasteiger partial charge in [0.1, 0.15) is 5.75 Å². The third-order valence-corrected chi connectivity index (χ3v) is 5.21. The van der Waals surface area contributed by atoms with Crippen molar-refractivity contribution in [2.45, 2.75) is 4.90 Å². The third-order valence-electron chi connectivity index (χ3n) is 3.96. The van der Waals surface area contributed by atoms with Gasteiger partial charge in [-0.1, -0.05) is 23.7 Å². The highest BCUT2D eigenvalue weighted by atomic mass is 35.5. The monoisotopic (exact) mass is 411 g/mol. The first-order valence-corrected chi connectivity index (χ1v) is 9.88. The van der Waals surface area contributed by atoms with Crippen LogP contribution in [0.3, 0.4) is 0 Å². The molecule has 1 amide bonds. The van der Waals surface area contributed by atoms with E-state index in [1.165, 1.54) is 11.8 Å². The Bertz CT molecular complexity index is 989. The first-order chi connectivity index (χ1) is 13.5. The van der Waals surface area contributed by atoms with E-state index < -0.39 is 0 Å². The normalized spacial score (nSPS) is 10.4. The zero-order valence-electron chi connectivity index (χ0n) is 15.1. The second-order valence-electron chi connectivity index (χ2n) is 5.93. The van der Waals surface area contributed by atoms with Gasteiger partial charge >= 0.3 is 0 Å². The summed E-state index contributed by atoms with van der Waals surface area (Å²) in [5.41, 5.74) is 1.80. The third kappa shape index (κ3) is 5.38. The van der Waals surface area contributed by atoms with E-state index in [1.54, 1.807) is 55.6 Å². The molecule has 0 atom stereocenters. The predicted molar refractivity (Wildman–Crippen MR) is 114 cm³/mol. The van der Waals surface area contributed by atoms with Crippen LogP contribution in [-0.4, -0.2) is 24.6 Å². The molecule has 28 heavy (non-hydrogen) atoms. The number of ether oxygens (including phenoxy) is 1. The summed E-state index contributed by atoms with van der Waals surface area (Å²) in [5, 5.41) is 3.47. The molecule has 0 aliphatic heterocycles. The minimum Gasteiger partial charge on any atom is -0.497 e. The highest BCUT2D eigenvalue weighted by Crippen LogP contribution is 2.24. The lowest BCUT2D eigenvalue weighted by atomic mass is 10.1. The number of anilines is 1. The summed E-state index contributed by atoms with van der Waals surface area (Å²) in [6.45, 7) is 0. The van der Waals surface area contributed by atoms with Crippen LogP contribution in [0.25, 0.3) is 0 Å².